The van der Waals surface area contributed by atoms with Crippen molar-refractivity contribution in [1.29, 1.82) is 0 Å². The summed E-state index contributed by atoms with van der Waals surface area (Å²) in [5.74, 6) is 0.419. The molecule has 0 aromatic heterocycles. The first-order chi connectivity index (χ1) is 13.3. The van der Waals surface area contributed by atoms with Crippen molar-refractivity contribution in [3.63, 3.8) is 0 Å². The summed E-state index contributed by atoms with van der Waals surface area (Å²) >= 11 is 0. The summed E-state index contributed by atoms with van der Waals surface area (Å²) in [6, 6.07) is 16.8. The van der Waals surface area contributed by atoms with Gasteiger partial charge in [0, 0.05) is 30.9 Å². The number of fused-ring (bicyclic) bond motifs is 2. The summed E-state index contributed by atoms with van der Waals surface area (Å²) in [4.78, 5) is 17.6. The van der Waals surface area contributed by atoms with E-state index in [2.05, 4.69) is 21.9 Å². The van der Waals surface area contributed by atoms with Crippen LogP contribution in [0.1, 0.15) is 48.9 Å². The van der Waals surface area contributed by atoms with E-state index in [-0.39, 0.29) is 5.97 Å². The lowest BCUT2D eigenvalue weighted by molar-refractivity contribution is 0.0735. The highest BCUT2D eigenvalue weighted by molar-refractivity contribution is 5.92. The second-order valence-electron chi connectivity index (χ2n) is 7.97. The standard InChI is InChI=1S/C23H26N2O2/c26-23(17-6-2-1-3-7-17)27-22-13-12-20(24-14-4-5-15-24)16-21(22)25-18-8-9-19(25)11-10-18/h1-3,6-7,12-13,16,18-19H,4-5,8-11,14-15H2. The normalized spacial score (nSPS) is 23.9. The maximum Gasteiger partial charge on any atom is 0.343 e. The monoisotopic (exact) mass is 362 g/mol. The predicted octanol–water partition coefficient (Wildman–Crippen LogP) is 4.64. The summed E-state index contributed by atoms with van der Waals surface area (Å²) < 4.78 is 5.89. The maximum absolute atomic E-state index is 12.6. The van der Waals surface area contributed by atoms with Gasteiger partial charge in [-0.25, -0.2) is 4.79 Å². The van der Waals surface area contributed by atoms with Crippen molar-refractivity contribution < 1.29 is 9.53 Å². The Kier molecular flexibility index (Phi) is 4.27. The third kappa shape index (κ3) is 3.07. The van der Waals surface area contributed by atoms with Gasteiger partial charge in [0.15, 0.2) is 5.75 Å². The summed E-state index contributed by atoms with van der Waals surface area (Å²) in [7, 11) is 0. The summed E-state index contributed by atoms with van der Waals surface area (Å²) in [5, 5.41) is 0. The first kappa shape index (κ1) is 16.7. The first-order valence-electron chi connectivity index (χ1n) is 10.2. The Balaban J connectivity index is 1.49. The van der Waals surface area contributed by atoms with Crippen LogP contribution in [0.2, 0.25) is 0 Å². The molecule has 2 aromatic rings. The smallest absolute Gasteiger partial charge is 0.343 e. The molecule has 0 saturated carbocycles. The number of carbonyl (C=O) groups excluding carboxylic acids is 1. The number of nitrogens with zero attached hydrogens (tertiary/aromatic N) is 2. The Labute approximate surface area is 160 Å². The van der Waals surface area contributed by atoms with Gasteiger partial charge in [-0.1, -0.05) is 18.2 Å². The van der Waals surface area contributed by atoms with E-state index >= 15 is 0 Å². The molecule has 0 unspecified atom stereocenters. The van der Waals surface area contributed by atoms with Gasteiger partial charge >= 0.3 is 5.97 Å². The van der Waals surface area contributed by atoms with Crippen LogP contribution in [0.15, 0.2) is 48.5 Å². The molecule has 2 aromatic carbocycles. The molecule has 3 fully saturated rings. The van der Waals surface area contributed by atoms with Crippen LogP contribution in [0.25, 0.3) is 0 Å². The number of hydrogen-bond acceptors (Lipinski definition) is 4. The molecular weight excluding hydrogens is 336 g/mol. The van der Waals surface area contributed by atoms with E-state index in [1.165, 1.54) is 44.2 Å². The SMILES string of the molecule is O=C(Oc1ccc(N2CCCC2)cc1N1C2CCC1CC2)c1ccccc1. The lowest BCUT2D eigenvalue weighted by Gasteiger charge is -2.28. The average molecular weight is 362 g/mol. The van der Waals surface area contributed by atoms with Gasteiger partial charge in [-0.2, -0.15) is 0 Å². The fourth-order valence-electron chi connectivity index (χ4n) is 5.01. The minimum absolute atomic E-state index is 0.280. The number of carbonyl (C=O) groups is 1. The number of anilines is 2. The van der Waals surface area contributed by atoms with Crippen LogP contribution >= 0.6 is 0 Å². The molecule has 3 aliphatic heterocycles. The van der Waals surface area contributed by atoms with Gasteiger partial charge in [0.05, 0.1) is 11.3 Å². The molecule has 140 valence electrons. The minimum Gasteiger partial charge on any atom is -0.421 e. The van der Waals surface area contributed by atoms with Crippen molar-refractivity contribution in [1.82, 2.24) is 0 Å². The van der Waals surface area contributed by atoms with Crippen molar-refractivity contribution in [2.45, 2.75) is 50.6 Å². The van der Waals surface area contributed by atoms with E-state index in [4.69, 9.17) is 4.74 Å². The number of esters is 1. The number of hydrogen-bond donors (Lipinski definition) is 0. The van der Waals surface area contributed by atoms with Crippen LogP contribution in [0, 0.1) is 0 Å². The summed E-state index contributed by atoms with van der Waals surface area (Å²) in [6.07, 6.45) is 7.54. The topological polar surface area (TPSA) is 32.8 Å². The van der Waals surface area contributed by atoms with E-state index in [1.807, 2.05) is 24.3 Å². The third-order valence-electron chi connectivity index (χ3n) is 6.36. The zero-order valence-corrected chi connectivity index (χ0v) is 15.6. The highest BCUT2D eigenvalue weighted by atomic mass is 16.5. The fraction of sp³-hybridized carbons (Fsp3) is 0.435. The molecule has 0 aliphatic carbocycles. The largest absolute Gasteiger partial charge is 0.421 e. The highest BCUT2D eigenvalue weighted by Crippen LogP contribution is 2.46. The van der Waals surface area contributed by atoms with Crippen LogP contribution in [0.3, 0.4) is 0 Å². The Morgan fingerprint density at radius 1 is 0.889 bits per heavy atom. The Morgan fingerprint density at radius 2 is 1.56 bits per heavy atom. The Morgan fingerprint density at radius 3 is 2.22 bits per heavy atom. The van der Waals surface area contributed by atoms with Crippen molar-refractivity contribution in [3.05, 3.63) is 54.1 Å². The van der Waals surface area contributed by atoms with Gasteiger partial charge in [0.2, 0.25) is 0 Å². The van der Waals surface area contributed by atoms with Crippen LogP contribution in [-0.2, 0) is 0 Å². The lowest BCUT2D eigenvalue weighted by Crippen LogP contribution is -2.29. The molecule has 0 N–H and O–H groups in total. The molecule has 4 nitrogen and oxygen atoms in total. The van der Waals surface area contributed by atoms with Crippen molar-refractivity contribution in [2.24, 2.45) is 0 Å². The number of benzene rings is 2. The molecule has 5 rings (SSSR count). The minimum atomic E-state index is -0.280. The van der Waals surface area contributed by atoms with Gasteiger partial charge in [-0.05, 0) is 68.9 Å². The fourth-order valence-corrected chi connectivity index (χ4v) is 5.01. The van der Waals surface area contributed by atoms with Gasteiger partial charge in [-0.3, -0.25) is 0 Å². The predicted molar refractivity (Wildman–Crippen MR) is 108 cm³/mol. The van der Waals surface area contributed by atoms with Crippen molar-refractivity contribution in [3.8, 4) is 5.75 Å². The molecular formula is C23H26N2O2. The van der Waals surface area contributed by atoms with E-state index in [0.29, 0.717) is 23.4 Å². The molecule has 0 amide bonds. The Hall–Kier alpha value is -2.49. The van der Waals surface area contributed by atoms with E-state index in [9.17, 15) is 4.79 Å². The van der Waals surface area contributed by atoms with Gasteiger partial charge < -0.3 is 14.5 Å². The molecule has 27 heavy (non-hydrogen) atoms. The first-order valence-corrected chi connectivity index (χ1v) is 10.2. The van der Waals surface area contributed by atoms with Crippen LogP contribution < -0.4 is 14.5 Å². The molecule has 0 spiro atoms. The molecule has 4 heteroatoms. The highest BCUT2D eigenvalue weighted by Gasteiger charge is 2.40. The average Bonchev–Trinajstić information content (AvgIpc) is 3.46. The second kappa shape index (κ2) is 6.91. The molecule has 3 aliphatic rings. The molecule has 0 radical (unpaired) electrons. The molecule has 3 saturated heterocycles. The van der Waals surface area contributed by atoms with Crippen molar-refractivity contribution in [2.75, 3.05) is 22.9 Å². The third-order valence-corrected chi connectivity index (χ3v) is 6.36. The second-order valence-corrected chi connectivity index (χ2v) is 7.97. The van der Waals surface area contributed by atoms with Crippen LogP contribution in [0.5, 0.6) is 5.75 Å². The van der Waals surface area contributed by atoms with Gasteiger partial charge in [0.1, 0.15) is 0 Å². The van der Waals surface area contributed by atoms with Crippen molar-refractivity contribution >= 4 is 17.3 Å². The lowest BCUT2D eigenvalue weighted by atomic mass is 10.0. The molecule has 3 heterocycles. The Bertz CT molecular complexity index is 810. The van der Waals surface area contributed by atoms with Crippen LogP contribution in [-0.4, -0.2) is 31.1 Å². The zero-order chi connectivity index (χ0) is 18.2. The summed E-state index contributed by atoms with van der Waals surface area (Å²) in [6.45, 7) is 2.24. The van der Waals surface area contributed by atoms with E-state index in [1.54, 1.807) is 12.1 Å². The van der Waals surface area contributed by atoms with Gasteiger partial charge in [-0.15, -0.1) is 0 Å². The van der Waals surface area contributed by atoms with Gasteiger partial charge in [0.25, 0.3) is 0 Å². The van der Waals surface area contributed by atoms with Crippen LogP contribution in [0.4, 0.5) is 11.4 Å². The maximum atomic E-state index is 12.6. The summed E-state index contributed by atoms with van der Waals surface area (Å²) in [5.41, 5.74) is 2.96. The van der Waals surface area contributed by atoms with E-state index in [0.717, 1.165) is 18.8 Å². The molecule has 0 atom stereocenters. The quantitative estimate of drug-likeness (QED) is 0.586. The number of rotatable bonds is 4. The molecule has 2 bridgehead atoms. The number of ether oxygens (including phenoxy) is 1. The van der Waals surface area contributed by atoms with E-state index < -0.39 is 0 Å². The zero-order valence-electron chi connectivity index (χ0n) is 15.6.